The number of unbranched alkanes of at least 4 members (excludes halogenated alkanes) is 2. The topological polar surface area (TPSA) is 373 Å². The molecular weight excluding hydrogens is 1040 g/mol. The molecule has 3 unspecified atom stereocenters. The SMILES string of the molecule is CC[C@H](C)[C@@H]1NC(=O)CNC(=O)C2CC(=O)[C@H]([C@@H](C)[C@@H](O)CO)NC(=O)[C@@H]3CC(O)CN3C(=O)[C@H](CC(N)=O)CC(=O)C(C[S@@](=O)c3c(c4ccc(OC)cc4n3CCCCCNC(=O)OC(C)(C)C)C2)NC(=O)CNC1=O. The van der Waals surface area contributed by atoms with Gasteiger partial charge < -0.3 is 71.9 Å². The van der Waals surface area contributed by atoms with Crippen LogP contribution in [0.1, 0.15) is 98.5 Å². The van der Waals surface area contributed by atoms with Gasteiger partial charge in [0, 0.05) is 68.6 Å². The Morgan fingerprint density at radius 3 is 2.22 bits per heavy atom. The number of aliphatic hydroxyl groups is 3. The fourth-order valence-corrected chi connectivity index (χ4v) is 11.5. The number of nitrogens with two attached hydrogens (primary N) is 1. The van der Waals surface area contributed by atoms with Gasteiger partial charge in [-0.1, -0.05) is 27.2 Å². The summed E-state index contributed by atoms with van der Waals surface area (Å²) in [5.41, 5.74) is 5.59. The number of aromatic nitrogens is 1. The smallest absolute Gasteiger partial charge is 0.407 e. The Kier molecular flexibility index (Phi) is 22.3. The van der Waals surface area contributed by atoms with E-state index in [2.05, 4.69) is 31.9 Å². The quantitative estimate of drug-likeness (QED) is 0.0987. The number of nitrogens with zero attached hydrogens (tertiary/aromatic N) is 2. The molecule has 3 aliphatic heterocycles. The number of benzene rings is 1. The number of fused-ring (bicyclic) bond motifs is 5. The lowest BCUT2D eigenvalue weighted by atomic mass is 9.85. The molecule has 1 aromatic heterocycles. The highest BCUT2D eigenvalue weighted by Crippen LogP contribution is 2.36. The third-order valence-corrected chi connectivity index (χ3v) is 15.8. The van der Waals surface area contributed by atoms with Crippen molar-refractivity contribution in [2.75, 3.05) is 45.6 Å². The van der Waals surface area contributed by atoms with E-state index >= 15 is 4.21 Å². The van der Waals surface area contributed by atoms with Crippen LogP contribution in [-0.4, -0.2) is 176 Å². The molecule has 432 valence electrons. The maximum Gasteiger partial charge on any atom is 0.407 e. The summed E-state index contributed by atoms with van der Waals surface area (Å²) < 4.78 is 28.3. The lowest BCUT2D eigenvalue weighted by Crippen LogP contribution is -2.56. The number of carbonyl (C=O) groups is 10. The molecule has 78 heavy (non-hydrogen) atoms. The summed E-state index contributed by atoms with van der Waals surface area (Å²) in [6, 6.07) is -1.23. The number of carbonyl (C=O) groups excluding carboxylic acids is 10. The summed E-state index contributed by atoms with van der Waals surface area (Å²) >= 11 is 0. The summed E-state index contributed by atoms with van der Waals surface area (Å²) in [5.74, 6) is -13.4. The molecule has 2 aromatic rings. The molecule has 26 heteroatoms. The molecular formula is C52H77N9O16S. The average molecular weight is 1120 g/mol. The minimum atomic E-state index is -2.37. The number of aryl methyl sites for hydroxylation is 1. The molecule has 0 radical (unpaired) electrons. The number of primary amides is 1. The maximum absolute atomic E-state index is 15.6. The maximum atomic E-state index is 15.6. The first-order valence-electron chi connectivity index (χ1n) is 26.4. The number of alkyl carbamates (subject to hydrolysis) is 1. The second-order valence-electron chi connectivity index (χ2n) is 21.4. The van der Waals surface area contributed by atoms with E-state index in [0.717, 1.165) is 4.90 Å². The zero-order valence-electron chi connectivity index (χ0n) is 45.3. The fraction of sp³-hybridized carbons (Fsp3) is 0.654. The number of hydrogen-bond donors (Lipinski definition) is 10. The van der Waals surface area contributed by atoms with Crippen LogP contribution in [0.2, 0.25) is 0 Å². The normalized spacial score (nSPS) is 25.8. The molecule has 1 saturated heterocycles. The summed E-state index contributed by atoms with van der Waals surface area (Å²) in [6.45, 7) is 7.56. The Labute approximate surface area is 455 Å². The first-order chi connectivity index (χ1) is 36.8. The van der Waals surface area contributed by atoms with E-state index in [4.69, 9.17) is 15.2 Å². The van der Waals surface area contributed by atoms with E-state index in [1.807, 2.05) is 0 Å². The van der Waals surface area contributed by atoms with Gasteiger partial charge in [0.25, 0.3) is 0 Å². The van der Waals surface area contributed by atoms with Crippen molar-refractivity contribution in [1.29, 1.82) is 0 Å². The Hall–Kier alpha value is -6.51. The highest BCUT2D eigenvalue weighted by Gasteiger charge is 2.45. The first kappa shape index (κ1) is 62.3. The highest BCUT2D eigenvalue weighted by atomic mass is 32.2. The van der Waals surface area contributed by atoms with E-state index in [1.54, 1.807) is 57.4 Å². The van der Waals surface area contributed by atoms with Crippen LogP contribution in [0.15, 0.2) is 23.2 Å². The van der Waals surface area contributed by atoms with Crippen molar-refractivity contribution in [3.63, 3.8) is 0 Å². The van der Waals surface area contributed by atoms with E-state index < -0.39 is 193 Å². The largest absolute Gasteiger partial charge is 0.497 e. The van der Waals surface area contributed by atoms with Gasteiger partial charge in [-0.2, -0.15) is 0 Å². The number of methoxy groups -OCH3 is 1. The van der Waals surface area contributed by atoms with Crippen molar-refractivity contribution in [3.05, 3.63) is 23.8 Å². The molecule has 0 aliphatic carbocycles. The van der Waals surface area contributed by atoms with E-state index in [9.17, 15) is 63.3 Å². The van der Waals surface area contributed by atoms with Gasteiger partial charge >= 0.3 is 6.09 Å². The Morgan fingerprint density at radius 2 is 1.58 bits per heavy atom. The molecule has 0 saturated carbocycles. The molecule has 4 heterocycles. The van der Waals surface area contributed by atoms with Crippen LogP contribution >= 0.6 is 0 Å². The molecule has 3 aliphatic rings. The molecule has 1 aromatic carbocycles. The number of aliphatic hydroxyl groups excluding tert-OH is 3. The Bertz CT molecular complexity index is 2600. The third-order valence-electron chi connectivity index (χ3n) is 14.3. The highest BCUT2D eigenvalue weighted by molar-refractivity contribution is 7.85. The predicted molar refractivity (Wildman–Crippen MR) is 281 cm³/mol. The second kappa shape index (κ2) is 27.9. The van der Waals surface area contributed by atoms with Crippen LogP contribution in [0.3, 0.4) is 0 Å². The van der Waals surface area contributed by atoms with Crippen LogP contribution < -0.4 is 42.4 Å². The number of hydrogen-bond acceptors (Lipinski definition) is 16. The van der Waals surface area contributed by atoms with Gasteiger partial charge in [0.05, 0.1) is 79.1 Å². The lowest BCUT2D eigenvalue weighted by Gasteiger charge is -2.32. The number of nitrogens with one attached hydrogen (secondary N) is 6. The van der Waals surface area contributed by atoms with Crippen molar-refractivity contribution in [3.8, 4) is 5.75 Å². The zero-order valence-corrected chi connectivity index (χ0v) is 46.2. The zero-order chi connectivity index (χ0) is 57.8. The summed E-state index contributed by atoms with van der Waals surface area (Å²) in [6.07, 6.45) is -4.89. The molecule has 2 bridgehead atoms. The Morgan fingerprint density at radius 1 is 0.897 bits per heavy atom. The van der Waals surface area contributed by atoms with Gasteiger partial charge in [0.1, 0.15) is 28.5 Å². The van der Waals surface area contributed by atoms with E-state index in [1.165, 1.54) is 14.0 Å². The fourth-order valence-electron chi connectivity index (χ4n) is 9.90. The molecule has 11 atom stereocenters. The van der Waals surface area contributed by atoms with Crippen molar-refractivity contribution in [2.45, 2.75) is 153 Å². The number of ether oxygens (including phenoxy) is 2. The minimum Gasteiger partial charge on any atom is -0.497 e. The van der Waals surface area contributed by atoms with E-state index in [0.29, 0.717) is 42.3 Å². The van der Waals surface area contributed by atoms with Gasteiger partial charge in [-0.3, -0.25) is 47.4 Å². The van der Waals surface area contributed by atoms with Gasteiger partial charge in [-0.05, 0) is 70.1 Å². The van der Waals surface area contributed by atoms with Crippen molar-refractivity contribution >= 4 is 80.7 Å². The third kappa shape index (κ3) is 16.5. The number of ketones is 2. The van der Waals surface area contributed by atoms with Gasteiger partial charge in [0.15, 0.2) is 11.6 Å². The molecule has 0 spiro atoms. The summed E-state index contributed by atoms with van der Waals surface area (Å²) in [7, 11) is -0.935. The van der Waals surface area contributed by atoms with Crippen molar-refractivity contribution in [1.82, 2.24) is 41.4 Å². The molecule has 1 fully saturated rings. The summed E-state index contributed by atoms with van der Waals surface area (Å²) in [5, 5.41) is 47.9. The predicted octanol–water partition coefficient (Wildman–Crippen LogP) is -1.27. The van der Waals surface area contributed by atoms with Crippen LogP contribution in [0, 0.1) is 23.7 Å². The number of amides is 8. The molecule has 11 N–H and O–H groups in total. The standard InChI is InChI=1S/C52H77N9O16S/c1-8-27(2)44-48(72)56-22-42(68)57-35-26-78(75)50-34(33-13-12-32(76-7)21-36(33)60(50)15-11-9-10-14-54-51(74)77-52(4,5)6)16-29(46(70)55-23-43(69)58-44)17-39(65)45(28(3)40(66)25-62)59-47(71)37-20-31(63)24-61(37)49(73)30(18-38(35)64)19-41(53)67/h12-13,21,27-31,35,37,40,44-45,62-63,66H,8-11,14-20,22-26H2,1-7H3,(H2,53,67)(H,54,74)(H,55,70)(H,56,72)(H,57,68)(H,58,69)(H,59,71)/t27-,28-,29?,30-,31?,35?,37-,40-,44-,45-,78+/m0/s1. The van der Waals surface area contributed by atoms with Gasteiger partial charge in [-0.25, -0.2) is 4.79 Å². The van der Waals surface area contributed by atoms with Gasteiger partial charge in [-0.15, -0.1) is 0 Å². The first-order valence-corrected chi connectivity index (χ1v) is 27.7. The van der Waals surface area contributed by atoms with Gasteiger partial charge in [0.2, 0.25) is 41.4 Å². The molecule has 8 amide bonds. The van der Waals surface area contributed by atoms with Crippen LogP contribution in [0.5, 0.6) is 5.75 Å². The second-order valence-corrected chi connectivity index (χ2v) is 22.8. The Balaban J connectivity index is 1.77. The average Bonchev–Trinajstić information content (AvgIpc) is 3.98. The van der Waals surface area contributed by atoms with E-state index in [-0.39, 0.29) is 30.1 Å². The lowest BCUT2D eigenvalue weighted by molar-refractivity contribution is -0.145. The van der Waals surface area contributed by atoms with Crippen LogP contribution in [0.4, 0.5) is 4.79 Å². The van der Waals surface area contributed by atoms with Crippen molar-refractivity contribution in [2.24, 2.45) is 29.4 Å². The number of Topliss-reactive ketones (excluding diaryl/α,β-unsaturated/α-hetero) is 2. The monoisotopic (exact) mass is 1120 g/mol. The van der Waals surface area contributed by atoms with Crippen molar-refractivity contribution < 1.29 is 76.9 Å². The van der Waals surface area contributed by atoms with Crippen LogP contribution in [-0.2, 0) is 71.7 Å². The number of rotatable bonds is 14. The van der Waals surface area contributed by atoms with Crippen LogP contribution in [0.25, 0.3) is 10.9 Å². The minimum absolute atomic E-state index is 0.0414. The summed E-state index contributed by atoms with van der Waals surface area (Å²) in [4.78, 5) is 141. The molecule has 25 nitrogen and oxygen atoms in total. The molecule has 5 rings (SSSR count).